The van der Waals surface area contributed by atoms with Crippen LogP contribution >= 0.6 is 11.3 Å². The molecule has 12 rings (SSSR count). The molecule has 0 amide bonds. The summed E-state index contributed by atoms with van der Waals surface area (Å²) < 4.78 is 5.29. The molecule has 0 saturated carbocycles. The molecule has 3 atom stereocenters. The van der Waals surface area contributed by atoms with Crippen molar-refractivity contribution in [3.05, 3.63) is 222 Å². The van der Waals surface area contributed by atoms with Gasteiger partial charge in [-0.3, -0.25) is 0 Å². The van der Waals surface area contributed by atoms with Crippen LogP contribution in [0.4, 0.5) is 0 Å². The van der Waals surface area contributed by atoms with E-state index in [2.05, 4.69) is 204 Å². The Balaban J connectivity index is 1.10. The first-order valence-electron chi connectivity index (χ1n) is 21.9. The first-order valence-corrected chi connectivity index (χ1v) is 22.7. The number of hydrogen-bond acceptors (Lipinski definition) is 4. The Morgan fingerprint density at radius 1 is 0.645 bits per heavy atom. The number of benzene rings is 6. The molecule has 0 fully saturated rings. The van der Waals surface area contributed by atoms with E-state index in [9.17, 15) is 0 Å². The molecule has 5 heteroatoms. The van der Waals surface area contributed by atoms with Crippen LogP contribution in [0, 0.1) is 5.92 Å². The highest BCUT2D eigenvalue weighted by molar-refractivity contribution is 7.26. The molecule has 0 spiro atoms. The van der Waals surface area contributed by atoms with Gasteiger partial charge in [0.1, 0.15) is 12.0 Å². The second kappa shape index (κ2) is 15.4. The lowest BCUT2D eigenvalue weighted by molar-refractivity contribution is 0.474. The zero-order chi connectivity index (χ0) is 41.0. The Morgan fingerprint density at radius 3 is 2.19 bits per heavy atom. The summed E-state index contributed by atoms with van der Waals surface area (Å²) in [6, 6.07) is 53.1. The third-order valence-electron chi connectivity index (χ3n) is 13.0. The summed E-state index contributed by atoms with van der Waals surface area (Å²) in [4.78, 5) is 10.8. The highest BCUT2D eigenvalue weighted by atomic mass is 32.1. The van der Waals surface area contributed by atoms with E-state index >= 15 is 0 Å². The highest BCUT2D eigenvalue weighted by Gasteiger charge is 2.35. The SMILES string of the molecule is C1=CC[C@H](C2N=C(c3ccc(-c4ccccc4)cc3)N=C(C3=CC(C4=CCCC=C4)=C(n4c5ccccc5c5ccc6c7ccccc7sc6c54)C(c4ccccc4)C3)N2)C=C1. The number of hydrogen-bond donors (Lipinski definition) is 1. The summed E-state index contributed by atoms with van der Waals surface area (Å²) in [6.07, 6.45) is 22.0. The van der Waals surface area contributed by atoms with E-state index in [4.69, 9.17) is 9.98 Å². The summed E-state index contributed by atoms with van der Waals surface area (Å²) in [6.45, 7) is 0. The van der Waals surface area contributed by atoms with Gasteiger partial charge in [-0.15, -0.1) is 11.3 Å². The number of nitrogens with one attached hydrogen (secondary N) is 1. The first kappa shape index (κ1) is 36.7. The summed E-state index contributed by atoms with van der Waals surface area (Å²) in [7, 11) is 0. The number of allylic oxidation sites excluding steroid dienone is 10. The third-order valence-corrected chi connectivity index (χ3v) is 14.2. The number of fused-ring (bicyclic) bond motifs is 7. The minimum Gasteiger partial charge on any atom is -0.348 e. The molecule has 298 valence electrons. The lowest BCUT2D eigenvalue weighted by Gasteiger charge is -2.34. The molecule has 3 heterocycles. The Labute approximate surface area is 365 Å². The van der Waals surface area contributed by atoms with Crippen LogP contribution in [-0.2, 0) is 0 Å². The van der Waals surface area contributed by atoms with Crippen molar-refractivity contribution in [3.8, 4) is 11.1 Å². The quantitative estimate of drug-likeness (QED) is 0.171. The molecule has 3 aliphatic carbocycles. The number of rotatable bonds is 7. The summed E-state index contributed by atoms with van der Waals surface area (Å²) in [5.74, 6) is 1.90. The van der Waals surface area contributed by atoms with Gasteiger partial charge < -0.3 is 9.88 Å². The average molecular weight is 817 g/mol. The predicted molar refractivity (Wildman–Crippen MR) is 263 cm³/mol. The smallest absolute Gasteiger partial charge is 0.159 e. The van der Waals surface area contributed by atoms with E-state index in [0.717, 1.165) is 42.9 Å². The largest absolute Gasteiger partial charge is 0.348 e. The standard InChI is InChI=1S/C57H44N4S/c1-5-17-37(18-6-1)38-29-31-42(32-30-38)56-58-55(41-23-11-4-12-24-41)59-57(60-56)43-35-48(39-19-7-2-8-20-39)52(49(36-43)40-21-9-3-10-22-40)61-50-27-15-13-25-44(50)46-33-34-47-45-26-14-16-28-51(45)62-54(47)53(46)61/h1-2,4-9,11-23,25-34,36,41,48,55H,3,10,24,35H2,(H,58,59,60)/t41-,48?,55?/m1/s1. The van der Waals surface area contributed by atoms with Gasteiger partial charge in [0.25, 0.3) is 0 Å². The molecule has 2 aromatic heterocycles. The minimum absolute atomic E-state index is 0.0269. The number of thiophene rings is 1. The maximum atomic E-state index is 5.46. The van der Waals surface area contributed by atoms with Crippen LogP contribution < -0.4 is 5.32 Å². The number of amidine groups is 2. The molecule has 62 heavy (non-hydrogen) atoms. The fourth-order valence-electron chi connectivity index (χ4n) is 9.99. The summed E-state index contributed by atoms with van der Waals surface area (Å²) in [5.41, 5.74) is 12.2. The molecule has 8 aromatic rings. The van der Waals surface area contributed by atoms with Crippen LogP contribution in [0.15, 0.2) is 221 Å². The minimum atomic E-state index is -0.162. The highest BCUT2D eigenvalue weighted by Crippen LogP contribution is 2.49. The van der Waals surface area contributed by atoms with Crippen molar-refractivity contribution in [3.63, 3.8) is 0 Å². The van der Waals surface area contributed by atoms with Crippen molar-refractivity contribution < 1.29 is 0 Å². The third kappa shape index (κ3) is 6.35. The monoisotopic (exact) mass is 816 g/mol. The molecule has 4 nitrogen and oxygen atoms in total. The Morgan fingerprint density at radius 2 is 1.39 bits per heavy atom. The topological polar surface area (TPSA) is 41.7 Å². The van der Waals surface area contributed by atoms with Gasteiger partial charge in [-0.2, -0.15) is 0 Å². The van der Waals surface area contributed by atoms with E-state index < -0.39 is 0 Å². The fraction of sp³-hybridized carbons (Fsp3) is 0.123. The van der Waals surface area contributed by atoms with Crippen molar-refractivity contribution in [2.75, 3.05) is 0 Å². The molecule has 0 radical (unpaired) electrons. The maximum Gasteiger partial charge on any atom is 0.159 e. The van der Waals surface area contributed by atoms with E-state index in [1.165, 1.54) is 81.1 Å². The van der Waals surface area contributed by atoms with Gasteiger partial charge in [0.2, 0.25) is 0 Å². The van der Waals surface area contributed by atoms with Crippen LogP contribution in [0.1, 0.15) is 42.7 Å². The predicted octanol–water partition coefficient (Wildman–Crippen LogP) is 14.3. The van der Waals surface area contributed by atoms with Crippen molar-refractivity contribution >= 4 is 70.7 Å². The van der Waals surface area contributed by atoms with Gasteiger partial charge in [0, 0.05) is 54.9 Å². The number of aromatic nitrogens is 1. The van der Waals surface area contributed by atoms with E-state index in [0.29, 0.717) is 0 Å². The van der Waals surface area contributed by atoms with Crippen molar-refractivity contribution in [2.45, 2.75) is 37.8 Å². The molecule has 6 aromatic carbocycles. The van der Waals surface area contributed by atoms with Gasteiger partial charge in [-0.1, -0.05) is 176 Å². The normalized spacial score (nSPS) is 20.1. The van der Waals surface area contributed by atoms with Crippen molar-refractivity contribution in [1.82, 2.24) is 9.88 Å². The molecule has 0 bridgehead atoms. The second-order valence-corrected chi connectivity index (χ2v) is 17.8. The van der Waals surface area contributed by atoms with Gasteiger partial charge in [0.15, 0.2) is 5.84 Å². The van der Waals surface area contributed by atoms with Crippen molar-refractivity contribution in [1.29, 1.82) is 0 Å². The zero-order valence-corrected chi connectivity index (χ0v) is 35.1. The molecular weight excluding hydrogens is 773 g/mol. The van der Waals surface area contributed by atoms with E-state index in [1.807, 2.05) is 11.3 Å². The zero-order valence-electron chi connectivity index (χ0n) is 34.3. The van der Waals surface area contributed by atoms with Gasteiger partial charge in [-0.05, 0) is 71.7 Å². The van der Waals surface area contributed by atoms with Gasteiger partial charge in [0.05, 0.1) is 15.7 Å². The lowest BCUT2D eigenvalue weighted by Crippen LogP contribution is -2.44. The van der Waals surface area contributed by atoms with Crippen LogP contribution in [0.3, 0.4) is 0 Å². The maximum absolute atomic E-state index is 5.46. The molecule has 1 aliphatic heterocycles. The average Bonchev–Trinajstić information content (AvgIpc) is 3.91. The Bertz CT molecular complexity index is 3310. The Hall–Kier alpha value is -7.08. The van der Waals surface area contributed by atoms with Crippen LogP contribution in [-0.4, -0.2) is 22.4 Å². The number of nitrogens with zero attached hydrogens (tertiary/aromatic N) is 3. The van der Waals surface area contributed by atoms with Gasteiger partial charge >= 0.3 is 0 Å². The fourth-order valence-corrected chi connectivity index (χ4v) is 11.2. The molecule has 0 saturated heterocycles. The van der Waals surface area contributed by atoms with Crippen LogP contribution in [0.2, 0.25) is 0 Å². The molecule has 1 N–H and O–H groups in total. The number of aliphatic imine (C=N–C) groups is 2. The van der Waals surface area contributed by atoms with Crippen LogP contribution in [0.25, 0.3) is 58.8 Å². The van der Waals surface area contributed by atoms with E-state index in [-0.39, 0.29) is 18.0 Å². The molecule has 2 unspecified atom stereocenters. The lowest BCUT2D eigenvalue weighted by atomic mass is 9.79. The molecule has 4 aliphatic rings. The second-order valence-electron chi connectivity index (χ2n) is 16.7. The summed E-state index contributed by atoms with van der Waals surface area (Å²) in [5, 5.41) is 9.11. The number of para-hydroxylation sites is 1. The van der Waals surface area contributed by atoms with Crippen molar-refractivity contribution in [2.24, 2.45) is 15.9 Å². The van der Waals surface area contributed by atoms with E-state index in [1.54, 1.807) is 0 Å². The van der Waals surface area contributed by atoms with Gasteiger partial charge in [-0.25, -0.2) is 9.98 Å². The molecular formula is C57H44N4S. The summed E-state index contributed by atoms with van der Waals surface area (Å²) >= 11 is 1.91. The van der Waals surface area contributed by atoms with Crippen LogP contribution in [0.5, 0.6) is 0 Å². The first-order chi connectivity index (χ1) is 30.7. The Kier molecular flexibility index (Phi) is 9.15.